The fourth-order valence-electron chi connectivity index (χ4n) is 1.25. The average Bonchev–Trinajstić information content (AvgIpc) is 2.84. The van der Waals surface area contributed by atoms with Crippen molar-refractivity contribution < 1.29 is 23.4 Å². The minimum Gasteiger partial charge on any atom is -0.477 e. The van der Waals surface area contributed by atoms with Crippen LogP contribution in [0.5, 0.6) is 0 Å². The van der Waals surface area contributed by atoms with Crippen LogP contribution in [0.3, 0.4) is 0 Å². The summed E-state index contributed by atoms with van der Waals surface area (Å²) in [5.74, 6) is 0.155. The first-order valence-electron chi connectivity index (χ1n) is 5.57. The zero-order valence-electron chi connectivity index (χ0n) is 10.1. The number of aromatic carboxylic acids is 1. The minimum atomic E-state index is -3.67. The van der Waals surface area contributed by atoms with E-state index in [0.717, 1.165) is 18.0 Å². The van der Waals surface area contributed by atoms with Crippen LogP contribution in [0, 0.1) is 0 Å². The third-order valence-electron chi connectivity index (χ3n) is 2.18. The fraction of sp³-hybridized carbons (Fsp3) is 0.500. The molecular formula is C10H16N2O5S2. The van der Waals surface area contributed by atoms with Gasteiger partial charge in [0.15, 0.2) is 0 Å². The lowest BCUT2D eigenvalue weighted by molar-refractivity contribution is 0.0691. The van der Waals surface area contributed by atoms with Gasteiger partial charge in [-0.1, -0.05) is 0 Å². The molecule has 1 aromatic heterocycles. The van der Waals surface area contributed by atoms with Crippen LogP contribution in [0.1, 0.15) is 16.9 Å². The lowest BCUT2D eigenvalue weighted by Crippen LogP contribution is -2.25. The number of carbonyl (C=O) groups is 1. The number of aromatic amines is 1. The number of carboxylic acid groups (broad SMARTS) is 1. The molecule has 4 N–H and O–H groups in total. The van der Waals surface area contributed by atoms with Crippen LogP contribution in [0.25, 0.3) is 0 Å². The number of sulfonamides is 1. The van der Waals surface area contributed by atoms with E-state index >= 15 is 0 Å². The van der Waals surface area contributed by atoms with Crippen LogP contribution in [-0.4, -0.2) is 54.2 Å². The Bertz CT molecular complexity index is 512. The SMILES string of the molecule is O=C(O)c1cc(S(=O)(=O)NCCSCCCO)c[nH]1. The van der Waals surface area contributed by atoms with Crippen molar-refractivity contribution in [3.63, 3.8) is 0 Å². The Balaban J connectivity index is 2.44. The second-order valence-electron chi connectivity index (χ2n) is 3.64. The molecule has 0 saturated heterocycles. The molecule has 1 rings (SSSR count). The third kappa shape index (κ3) is 5.23. The van der Waals surface area contributed by atoms with E-state index in [9.17, 15) is 13.2 Å². The maximum atomic E-state index is 11.8. The lowest BCUT2D eigenvalue weighted by atomic mass is 10.4. The van der Waals surface area contributed by atoms with Gasteiger partial charge in [-0.2, -0.15) is 11.8 Å². The second-order valence-corrected chi connectivity index (χ2v) is 6.63. The predicted octanol–water partition coefficient (Wildman–Crippen LogP) is 0.107. The van der Waals surface area contributed by atoms with Gasteiger partial charge in [-0.05, 0) is 18.2 Å². The number of aliphatic hydroxyl groups excluding tert-OH is 1. The molecule has 0 atom stereocenters. The predicted molar refractivity (Wildman–Crippen MR) is 72.0 cm³/mol. The van der Waals surface area contributed by atoms with Crippen molar-refractivity contribution in [2.24, 2.45) is 0 Å². The molecule has 0 saturated carbocycles. The number of aromatic nitrogens is 1. The standard InChI is InChI=1S/C10H16N2O5S2/c13-3-1-4-18-5-2-12-19(16,17)8-6-9(10(14)15)11-7-8/h6-7,11-13H,1-5H2,(H,14,15). The molecule has 0 spiro atoms. The van der Waals surface area contributed by atoms with Crippen molar-refractivity contribution in [2.45, 2.75) is 11.3 Å². The van der Waals surface area contributed by atoms with Crippen molar-refractivity contribution in [3.8, 4) is 0 Å². The average molecular weight is 308 g/mol. The van der Waals surface area contributed by atoms with Crippen molar-refractivity contribution in [3.05, 3.63) is 18.0 Å². The van der Waals surface area contributed by atoms with Gasteiger partial charge in [0.1, 0.15) is 10.6 Å². The van der Waals surface area contributed by atoms with E-state index in [-0.39, 0.29) is 23.7 Å². The van der Waals surface area contributed by atoms with Crippen molar-refractivity contribution >= 4 is 27.8 Å². The molecule has 0 aromatic carbocycles. The summed E-state index contributed by atoms with van der Waals surface area (Å²) in [5, 5.41) is 17.3. The maximum absolute atomic E-state index is 11.8. The molecule has 19 heavy (non-hydrogen) atoms. The maximum Gasteiger partial charge on any atom is 0.352 e. The summed E-state index contributed by atoms with van der Waals surface area (Å²) in [7, 11) is -3.67. The normalized spacial score (nSPS) is 11.6. The summed E-state index contributed by atoms with van der Waals surface area (Å²) in [6.07, 6.45) is 1.82. The summed E-state index contributed by atoms with van der Waals surface area (Å²) in [6, 6.07) is 1.07. The molecule has 0 aliphatic heterocycles. The zero-order chi connectivity index (χ0) is 14.3. The number of hydrogen-bond acceptors (Lipinski definition) is 5. The Kier molecular flexibility index (Phi) is 6.35. The second kappa shape index (κ2) is 7.53. The number of H-pyrrole nitrogens is 1. The van der Waals surface area contributed by atoms with Gasteiger partial charge in [0.25, 0.3) is 0 Å². The largest absolute Gasteiger partial charge is 0.477 e. The topological polar surface area (TPSA) is 119 Å². The van der Waals surface area contributed by atoms with Gasteiger partial charge in [0, 0.05) is 25.1 Å². The molecule has 0 radical (unpaired) electrons. The Morgan fingerprint density at radius 2 is 2.16 bits per heavy atom. The van der Waals surface area contributed by atoms with Crippen LogP contribution in [0.15, 0.2) is 17.2 Å². The smallest absolute Gasteiger partial charge is 0.352 e. The molecule has 0 aliphatic rings. The monoisotopic (exact) mass is 308 g/mol. The van der Waals surface area contributed by atoms with Gasteiger partial charge < -0.3 is 15.2 Å². The van der Waals surface area contributed by atoms with E-state index in [1.54, 1.807) is 0 Å². The highest BCUT2D eigenvalue weighted by atomic mass is 32.2. The van der Waals surface area contributed by atoms with E-state index in [1.807, 2.05) is 0 Å². The van der Waals surface area contributed by atoms with Crippen LogP contribution in [0.2, 0.25) is 0 Å². The molecule has 7 nitrogen and oxygen atoms in total. The van der Waals surface area contributed by atoms with Crippen molar-refractivity contribution in [2.75, 3.05) is 24.7 Å². The number of thioether (sulfide) groups is 1. The van der Waals surface area contributed by atoms with E-state index in [4.69, 9.17) is 10.2 Å². The number of hydrogen-bond donors (Lipinski definition) is 4. The molecule has 1 heterocycles. The van der Waals surface area contributed by atoms with E-state index in [1.165, 1.54) is 11.8 Å². The van der Waals surface area contributed by atoms with E-state index < -0.39 is 16.0 Å². The number of rotatable bonds is 9. The Hall–Kier alpha value is -1.03. The van der Waals surface area contributed by atoms with Gasteiger partial charge in [-0.15, -0.1) is 0 Å². The number of nitrogens with one attached hydrogen (secondary N) is 2. The Morgan fingerprint density at radius 3 is 2.74 bits per heavy atom. The fourth-order valence-corrected chi connectivity index (χ4v) is 3.19. The van der Waals surface area contributed by atoms with Crippen molar-refractivity contribution in [1.29, 1.82) is 0 Å². The van der Waals surface area contributed by atoms with Gasteiger partial charge in [-0.25, -0.2) is 17.9 Å². The lowest BCUT2D eigenvalue weighted by Gasteiger charge is -2.04. The van der Waals surface area contributed by atoms with Crippen LogP contribution in [-0.2, 0) is 10.0 Å². The quantitative estimate of drug-likeness (QED) is 0.481. The van der Waals surface area contributed by atoms with Crippen molar-refractivity contribution in [1.82, 2.24) is 9.71 Å². The highest BCUT2D eigenvalue weighted by Crippen LogP contribution is 2.10. The van der Waals surface area contributed by atoms with Gasteiger partial charge in [0.05, 0.1) is 0 Å². The number of aliphatic hydroxyl groups is 1. The summed E-state index contributed by atoms with van der Waals surface area (Å²) in [4.78, 5) is 12.9. The molecular weight excluding hydrogens is 292 g/mol. The Labute approximate surface area is 115 Å². The summed E-state index contributed by atoms with van der Waals surface area (Å²) < 4.78 is 25.9. The third-order valence-corrected chi connectivity index (χ3v) is 4.69. The van der Waals surface area contributed by atoms with Crippen LogP contribution >= 0.6 is 11.8 Å². The first-order valence-corrected chi connectivity index (χ1v) is 8.21. The minimum absolute atomic E-state index is 0.0924. The Morgan fingerprint density at radius 1 is 1.42 bits per heavy atom. The highest BCUT2D eigenvalue weighted by molar-refractivity contribution is 7.99. The molecule has 0 unspecified atom stereocenters. The summed E-state index contributed by atoms with van der Waals surface area (Å²) in [5.41, 5.74) is -0.169. The van der Waals surface area contributed by atoms with Gasteiger partial charge >= 0.3 is 5.97 Å². The summed E-state index contributed by atoms with van der Waals surface area (Å²) >= 11 is 1.53. The first-order chi connectivity index (χ1) is 8.97. The molecule has 9 heteroatoms. The highest BCUT2D eigenvalue weighted by Gasteiger charge is 2.17. The molecule has 108 valence electrons. The molecule has 0 fully saturated rings. The molecule has 0 amide bonds. The van der Waals surface area contributed by atoms with E-state index in [2.05, 4.69) is 9.71 Å². The summed E-state index contributed by atoms with van der Waals surface area (Å²) in [6.45, 7) is 0.381. The molecule has 1 aromatic rings. The molecule has 0 bridgehead atoms. The number of carboxylic acids is 1. The molecule has 0 aliphatic carbocycles. The van der Waals surface area contributed by atoms with Gasteiger partial charge in [-0.3, -0.25) is 0 Å². The first kappa shape index (κ1) is 16.0. The van der Waals surface area contributed by atoms with Crippen LogP contribution in [0.4, 0.5) is 0 Å². The van der Waals surface area contributed by atoms with Crippen LogP contribution < -0.4 is 4.72 Å². The zero-order valence-corrected chi connectivity index (χ0v) is 11.8. The van der Waals surface area contributed by atoms with Gasteiger partial charge in [0.2, 0.25) is 10.0 Å². The van der Waals surface area contributed by atoms with E-state index in [0.29, 0.717) is 12.2 Å².